The molecule has 6 heteroatoms. The zero-order valence-corrected chi connectivity index (χ0v) is 7.42. The number of para-hydroxylation sites is 1. The molecular weight excluding hydrogens is 209 g/mol. The summed E-state index contributed by atoms with van der Waals surface area (Å²) in [5, 5.41) is 15.2. The van der Waals surface area contributed by atoms with Crippen molar-refractivity contribution in [1.29, 1.82) is 0 Å². The zero-order chi connectivity index (χ0) is 11.1. The molecule has 0 aliphatic carbocycles. The van der Waals surface area contributed by atoms with E-state index in [1.54, 1.807) is 18.2 Å². The van der Waals surface area contributed by atoms with Gasteiger partial charge in [0.2, 0.25) is 0 Å². The average Bonchev–Trinajstić information content (AvgIpc) is 2.58. The molecule has 80 valence electrons. The van der Waals surface area contributed by atoms with Crippen molar-refractivity contribution in [2.24, 2.45) is 0 Å². The first-order valence-electron chi connectivity index (χ1n) is 4.18. The minimum Gasteiger partial charge on any atom is -0.378 e. The molecule has 15 heavy (non-hydrogen) atoms. The van der Waals surface area contributed by atoms with Crippen molar-refractivity contribution in [3.63, 3.8) is 0 Å². The fourth-order valence-electron chi connectivity index (χ4n) is 1.35. The summed E-state index contributed by atoms with van der Waals surface area (Å²) in [5.41, 5.74) is 0.0777. The van der Waals surface area contributed by atoms with Crippen molar-refractivity contribution in [2.75, 3.05) is 0 Å². The van der Waals surface area contributed by atoms with Crippen molar-refractivity contribution >= 4 is 10.9 Å². The normalized spacial score (nSPS) is 14.4. The average molecular weight is 216 g/mol. The minimum absolute atomic E-state index is 0.280. The number of benzene rings is 1. The molecule has 2 N–H and O–H groups in total. The number of aliphatic hydroxyl groups is 1. The molecule has 0 saturated carbocycles. The van der Waals surface area contributed by atoms with Gasteiger partial charge in [-0.3, -0.25) is 5.10 Å². The van der Waals surface area contributed by atoms with Crippen LogP contribution in [0.5, 0.6) is 0 Å². The Bertz CT molecular complexity index is 477. The standard InChI is InChI=1S/C9H7F3N2O/c10-9(11,12)8(15)7-5-3-1-2-4-6(5)13-14-7/h1-4,8,15H,(H,13,14)/t8-/m1/s1. The third kappa shape index (κ3) is 1.68. The number of alkyl halides is 3. The summed E-state index contributed by atoms with van der Waals surface area (Å²) in [5.74, 6) is 0. The van der Waals surface area contributed by atoms with Crippen LogP contribution in [0.3, 0.4) is 0 Å². The number of hydrogen-bond acceptors (Lipinski definition) is 2. The molecule has 0 aliphatic heterocycles. The molecule has 0 fully saturated rings. The van der Waals surface area contributed by atoms with E-state index in [4.69, 9.17) is 5.11 Å². The lowest BCUT2D eigenvalue weighted by atomic mass is 10.1. The van der Waals surface area contributed by atoms with Crippen LogP contribution >= 0.6 is 0 Å². The van der Waals surface area contributed by atoms with Crippen molar-refractivity contribution in [3.8, 4) is 0 Å². The van der Waals surface area contributed by atoms with Crippen LogP contribution in [0, 0.1) is 0 Å². The molecule has 2 aromatic rings. The number of nitrogens with zero attached hydrogens (tertiary/aromatic N) is 1. The molecule has 1 atom stereocenters. The molecular formula is C9H7F3N2O. The Morgan fingerprint density at radius 2 is 1.93 bits per heavy atom. The predicted octanol–water partition coefficient (Wildman–Crippen LogP) is 2.16. The molecule has 0 spiro atoms. The van der Waals surface area contributed by atoms with Gasteiger partial charge in [0.25, 0.3) is 0 Å². The highest BCUT2D eigenvalue weighted by Crippen LogP contribution is 2.34. The van der Waals surface area contributed by atoms with E-state index in [-0.39, 0.29) is 11.1 Å². The molecule has 3 nitrogen and oxygen atoms in total. The van der Waals surface area contributed by atoms with Gasteiger partial charge in [0, 0.05) is 5.39 Å². The summed E-state index contributed by atoms with van der Waals surface area (Å²) in [7, 11) is 0. The number of aromatic amines is 1. The van der Waals surface area contributed by atoms with Gasteiger partial charge >= 0.3 is 6.18 Å². The highest BCUT2D eigenvalue weighted by Gasteiger charge is 2.41. The third-order valence-corrected chi connectivity index (χ3v) is 2.07. The first-order valence-corrected chi connectivity index (χ1v) is 4.18. The molecule has 0 radical (unpaired) electrons. The van der Waals surface area contributed by atoms with Gasteiger partial charge < -0.3 is 5.11 Å². The summed E-state index contributed by atoms with van der Waals surface area (Å²) in [6, 6.07) is 6.29. The van der Waals surface area contributed by atoms with Crippen LogP contribution < -0.4 is 0 Å². The lowest BCUT2D eigenvalue weighted by molar-refractivity contribution is -0.207. The Morgan fingerprint density at radius 3 is 2.60 bits per heavy atom. The lowest BCUT2D eigenvalue weighted by Gasteiger charge is -2.12. The monoisotopic (exact) mass is 216 g/mol. The van der Waals surface area contributed by atoms with Gasteiger partial charge in [-0.1, -0.05) is 18.2 Å². The number of rotatable bonds is 1. The maximum Gasteiger partial charge on any atom is 0.420 e. The molecule has 2 rings (SSSR count). The van der Waals surface area contributed by atoms with Gasteiger partial charge in [-0.25, -0.2) is 0 Å². The molecule has 0 amide bonds. The smallest absolute Gasteiger partial charge is 0.378 e. The number of hydrogen-bond donors (Lipinski definition) is 2. The minimum atomic E-state index is -4.69. The molecule has 1 aromatic heterocycles. The summed E-state index contributed by atoms with van der Waals surface area (Å²) in [4.78, 5) is 0. The second-order valence-electron chi connectivity index (χ2n) is 3.10. The summed E-state index contributed by atoms with van der Waals surface area (Å²) < 4.78 is 36.7. The zero-order valence-electron chi connectivity index (χ0n) is 7.42. The van der Waals surface area contributed by atoms with Crippen molar-refractivity contribution in [3.05, 3.63) is 30.0 Å². The molecule has 0 saturated heterocycles. The SMILES string of the molecule is O[C@H](c1[nH]nc2ccccc12)C(F)(F)F. The highest BCUT2D eigenvalue weighted by molar-refractivity contribution is 5.81. The molecule has 1 aromatic carbocycles. The van der Waals surface area contributed by atoms with Crippen molar-refractivity contribution < 1.29 is 18.3 Å². The fraction of sp³-hybridized carbons (Fsp3) is 0.222. The van der Waals surface area contributed by atoms with E-state index < -0.39 is 12.3 Å². The van der Waals surface area contributed by atoms with Gasteiger partial charge in [-0.15, -0.1) is 0 Å². The Labute approximate surface area is 82.5 Å². The van der Waals surface area contributed by atoms with Crippen LogP contribution in [-0.2, 0) is 0 Å². The van der Waals surface area contributed by atoms with Crippen LogP contribution in [0.15, 0.2) is 24.3 Å². The Hall–Kier alpha value is -1.56. The van der Waals surface area contributed by atoms with Crippen LogP contribution in [0.2, 0.25) is 0 Å². The molecule has 0 bridgehead atoms. The summed E-state index contributed by atoms with van der Waals surface area (Å²) in [6.45, 7) is 0. The van der Waals surface area contributed by atoms with Gasteiger partial charge in [-0.05, 0) is 6.07 Å². The maximum atomic E-state index is 12.2. The van der Waals surface area contributed by atoms with E-state index in [9.17, 15) is 13.2 Å². The maximum absolute atomic E-state index is 12.2. The number of H-pyrrole nitrogens is 1. The molecule has 1 heterocycles. The first-order chi connectivity index (χ1) is 7.00. The van der Waals surface area contributed by atoms with Crippen LogP contribution in [-0.4, -0.2) is 21.5 Å². The largest absolute Gasteiger partial charge is 0.420 e. The van der Waals surface area contributed by atoms with Crippen molar-refractivity contribution in [2.45, 2.75) is 12.3 Å². The van der Waals surface area contributed by atoms with E-state index in [0.29, 0.717) is 5.52 Å². The Balaban J connectivity index is 2.53. The predicted molar refractivity (Wildman–Crippen MR) is 47.1 cm³/mol. The van der Waals surface area contributed by atoms with Crippen LogP contribution in [0.25, 0.3) is 10.9 Å². The van der Waals surface area contributed by atoms with Crippen molar-refractivity contribution in [1.82, 2.24) is 10.2 Å². The van der Waals surface area contributed by atoms with Gasteiger partial charge in [0.15, 0.2) is 6.10 Å². The molecule has 0 unspecified atom stereocenters. The fourth-order valence-corrected chi connectivity index (χ4v) is 1.35. The van der Waals surface area contributed by atoms with E-state index in [0.717, 1.165) is 0 Å². The van der Waals surface area contributed by atoms with E-state index >= 15 is 0 Å². The van der Waals surface area contributed by atoms with Crippen LogP contribution in [0.4, 0.5) is 13.2 Å². The number of halogens is 3. The van der Waals surface area contributed by atoms with Gasteiger partial charge in [0.05, 0.1) is 11.2 Å². The second kappa shape index (κ2) is 3.23. The van der Waals surface area contributed by atoms with Gasteiger partial charge in [-0.2, -0.15) is 18.3 Å². The van der Waals surface area contributed by atoms with Crippen LogP contribution in [0.1, 0.15) is 11.8 Å². The number of aromatic nitrogens is 2. The Kier molecular flexibility index (Phi) is 2.15. The van der Waals surface area contributed by atoms with E-state index in [1.165, 1.54) is 6.07 Å². The summed E-state index contributed by atoms with van der Waals surface area (Å²) in [6.07, 6.45) is -7.21. The summed E-state index contributed by atoms with van der Waals surface area (Å²) >= 11 is 0. The van der Waals surface area contributed by atoms with E-state index in [2.05, 4.69) is 10.2 Å². The third-order valence-electron chi connectivity index (χ3n) is 2.07. The van der Waals surface area contributed by atoms with E-state index in [1.807, 2.05) is 0 Å². The second-order valence-corrected chi connectivity index (χ2v) is 3.10. The van der Waals surface area contributed by atoms with Gasteiger partial charge in [0.1, 0.15) is 0 Å². The quantitative estimate of drug-likeness (QED) is 0.767. The molecule has 0 aliphatic rings. The Morgan fingerprint density at radius 1 is 1.27 bits per heavy atom. The number of nitrogens with one attached hydrogen (secondary N) is 1. The lowest BCUT2D eigenvalue weighted by Crippen LogP contribution is -2.20. The first kappa shape index (κ1) is 9.97. The number of fused-ring (bicyclic) bond motifs is 1. The topological polar surface area (TPSA) is 48.9 Å². The number of aliphatic hydroxyl groups excluding tert-OH is 1. The highest BCUT2D eigenvalue weighted by atomic mass is 19.4.